The van der Waals surface area contributed by atoms with Gasteiger partial charge in [0.15, 0.2) is 0 Å². The van der Waals surface area contributed by atoms with E-state index in [0.29, 0.717) is 11.8 Å². The van der Waals surface area contributed by atoms with Crippen LogP contribution in [0.3, 0.4) is 0 Å². The van der Waals surface area contributed by atoms with Gasteiger partial charge in [0.05, 0.1) is 0 Å². The summed E-state index contributed by atoms with van der Waals surface area (Å²) < 4.78 is 1.18. The lowest BCUT2D eigenvalue weighted by molar-refractivity contribution is 0.558. The van der Waals surface area contributed by atoms with E-state index in [0.717, 1.165) is 13.1 Å². The SMILES string of the molecule is Cc1ccc(/C=C(/CNCC(C)C)C(C)C)cc1Br. The van der Waals surface area contributed by atoms with Crippen LogP contribution in [0.25, 0.3) is 6.08 Å². The second kappa shape index (κ2) is 7.86. The Hall–Kier alpha value is -0.600. The molecule has 106 valence electrons. The normalized spacial score (nSPS) is 12.5. The molecule has 0 bridgehead atoms. The summed E-state index contributed by atoms with van der Waals surface area (Å²) in [6, 6.07) is 6.54. The van der Waals surface area contributed by atoms with E-state index in [2.05, 4.69) is 80.1 Å². The highest BCUT2D eigenvalue weighted by molar-refractivity contribution is 9.10. The lowest BCUT2D eigenvalue weighted by atomic mass is 9.99. The summed E-state index contributed by atoms with van der Waals surface area (Å²) in [6.07, 6.45) is 2.31. The summed E-state index contributed by atoms with van der Waals surface area (Å²) in [5.41, 5.74) is 4.00. The van der Waals surface area contributed by atoms with Crippen molar-refractivity contribution in [3.8, 4) is 0 Å². The third kappa shape index (κ3) is 5.92. The monoisotopic (exact) mass is 323 g/mol. The first kappa shape index (κ1) is 16.5. The highest BCUT2D eigenvalue weighted by Crippen LogP contribution is 2.21. The minimum Gasteiger partial charge on any atom is -0.313 e. The molecule has 0 aliphatic carbocycles. The van der Waals surface area contributed by atoms with Gasteiger partial charge in [-0.3, -0.25) is 0 Å². The molecule has 1 N–H and O–H groups in total. The van der Waals surface area contributed by atoms with Gasteiger partial charge >= 0.3 is 0 Å². The maximum atomic E-state index is 3.60. The molecule has 0 saturated carbocycles. The molecule has 0 aromatic heterocycles. The van der Waals surface area contributed by atoms with Gasteiger partial charge in [0.25, 0.3) is 0 Å². The fourth-order valence-electron chi connectivity index (χ4n) is 1.84. The Balaban J connectivity index is 2.79. The number of nitrogens with one attached hydrogen (secondary N) is 1. The summed E-state index contributed by atoms with van der Waals surface area (Å²) in [5, 5.41) is 3.53. The van der Waals surface area contributed by atoms with Crippen LogP contribution in [0.1, 0.15) is 38.8 Å². The first-order chi connectivity index (χ1) is 8.90. The molecule has 0 radical (unpaired) electrons. The third-order valence-electron chi connectivity index (χ3n) is 3.17. The molecular weight excluding hydrogens is 298 g/mol. The Labute approximate surface area is 126 Å². The molecule has 0 saturated heterocycles. The van der Waals surface area contributed by atoms with Crippen LogP contribution in [0.2, 0.25) is 0 Å². The number of hydrogen-bond donors (Lipinski definition) is 1. The number of hydrogen-bond acceptors (Lipinski definition) is 1. The first-order valence-corrected chi connectivity index (χ1v) is 7.86. The van der Waals surface area contributed by atoms with Crippen LogP contribution in [0.5, 0.6) is 0 Å². The van der Waals surface area contributed by atoms with E-state index in [1.54, 1.807) is 0 Å². The van der Waals surface area contributed by atoms with E-state index in [4.69, 9.17) is 0 Å². The fraction of sp³-hybridized carbons (Fsp3) is 0.529. The average Bonchev–Trinajstić information content (AvgIpc) is 2.32. The van der Waals surface area contributed by atoms with Crippen molar-refractivity contribution in [1.29, 1.82) is 0 Å². The highest BCUT2D eigenvalue weighted by Gasteiger charge is 2.05. The first-order valence-electron chi connectivity index (χ1n) is 7.07. The Morgan fingerprint density at radius 3 is 2.47 bits per heavy atom. The van der Waals surface area contributed by atoms with Crippen molar-refractivity contribution in [3.05, 3.63) is 39.4 Å². The Bertz CT molecular complexity index is 433. The van der Waals surface area contributed by atoms with E-state index in [9.17, 15) is 0 Å². The van der Waals surface area contributed by atoms with E-state index < -0.39 is 0 Å². The van der Waals surface area contributed by atoms with Crippen molar-refractivity contribution in [2.75, 3.05) is 13.1 Å². The molecular formula is C17H26BrN. The van der Waals surface area contributed by atoms with Gasteiger partial charge in [-0.1, -0.05) is 67.4 Å². The molecule has 1 rings (SSSR count). The molecule has 1 nitrogen and oxygen atoms in total. The highest BCUT2D eigenvalue weighted by atomic mass is 79.9. The summed E-state index contributed by atoms with van der Waals surface area (Å²) in [4.78, 5) is 0. The van der Waals surface area contributed by atoms with Crippen molar-refractivity contribution >= 4 is 22.0 Å². The summed E-state index contributed by atoms with van der Waals surface area (Å²) in [7, 11) is 0. The molecule has 1 aromatic carbocycles. The summed E-state index contributed by atoms with van der Waals surface area (Å²) >= 11 is 3.60. The number of benzene rings is 1. The molecule has 0 heterocycles. The van der Waals surface area contributed by atoms with E-state index in [1.807, 2.05) is 0 Å². The lowest BCUT2D eigenvalue weighted by Crippen LogP contribution is -2.23. The predicted molar refractivity (Wildman–Crippen MR) is 89.4 cm³/mol. The van der Waals surface area contributed by atoms with Crippen molar-refractivity contribution < 1.29 is 0 Å². The molecule has 1 aromatic rings. The maximum absolute atomic E-state index is 3.60. The van der Waals surface area contributed by atoms with Crippen LogP contribution < -0.4 is 5.32 Å². The van der Waals surface area contributed by atoms with Gasteiger partial charge in [0.1, 0.15) is 0 Å². The standard InChI is InChI=1S/C17H26BrN/c1-12(2)10-19-11-16(13(3)4)8-15-7-6-14(5)17(18)9-15/h6-9,12-13,19H,10-11H2,1-5H3/b16-8-. The Morgan fingerprint density at radius 2 is 1.95 bits per heavy atom. The largest absolute Gasteiger partial charge is 0.313 e. The Morgan fingerprint density at radius 1 is 1.26 bits per heavy atom. The number of rotatable bonds is 6. The van der Waals surface area contributed by atoms with E-state index in [1.165, 1.54) is 21.2 Å². The maximum Gasteiger partial charge on any atom is 0.0210 e. The van der Waals surface area contributed by atoms with Crippen molar-refractivity contribution in [3.63, 3.8) is 0 Å². The van der Waals surface area contributed by atoms with E-state index >= 15 is 0 Å². The van der Waals surface area contributed by atoms with E-state index in [-0.39, 0.29) is 0 Å². The van der Waals surface area contributed by atoms with Crippen LogP contribution >= 0.6 is 15.9 Å². The molecule has 0 amide bonds. The third-order valence-corrected chi connectivity index (χ3v) is 4.03. The second-order valence-electron chi connectivity index (χ2n) is 5.91. The summed E-state index contributed by atoms with van der Waals surface area (Å²) in [5.74, 6) is 1.27. The van der Waals surface area contributed by atoms with Crippen LogP contribution in [-0.4, -0.2) is 13.1 Å². The minimum absolute atomic E-state index is 0.569. The number of aryl methyl sites for hydroxylation is 1. The zero-order valence-corrected chi connectivity index (χ0v) is 14.3. The smallest absolute Gasteiger partial charge is 0.0210 e. The van der Waals surface area contributed by atoms with Gasteiger partial charge in [0.2, 0.25) is 0 Å². The topological polar surface area (TPSA) is 12.0 Å². The molecule has 0 unspecified atom stereocenters. The van der Waals surface area contributed by atoms with Crippen LogP contribution in [-0.2, 0) is 0 Å². The zero-order chi connectivity index (χ0) is 14.4. The molecule has 0 aliphatic rings. The second-order valence-corrected chi connectivity index (χ2v) is 6.76. The van der Waals surface area contributed by atoms with Crippen molar-refractivity contribution in [2.24, 2.45) is 11.8 Å². The van der Waals surface area contributed by atoms with Crippen LogP contribution in [0.4, 0.5) is 0 Å². The summed E-state index contributed by atoms with van der Waals surface area (Å²) in [6.45, 7) is 13.2. The molecule has 0 aliphatic heterocycles. The van der Waals surface area contributed by atoms with Crippen molar-refractivity contribution in [1.82, 2.24) is 5.32 Å². The molecule has 2 heteroatoms. The van der Waals surface area contributed by atoms with Gasteiger partial charge in [-0.2, -0.15) is 0 Å². The molecule has 19 heavy (non-hydrogen) atoms. The van der Waals surface area contributed by atoms with Gasteiger partial charge in [-0.25, -0.2) is 0 Å². The Kier molecular flexibility index (Phi) is 6.81. The van der Waals surface area contributed by atoms with Gasteiger partial charge in [-0.15, -0.1) is 0 Å². The molecule has 0 fully saturated rings. The quantitative estimate of drug-likeness (QED) is 0.773. The van der Waals surface area contributed by atoms with Crippen molar-refractivity contribution in [2.45, 2.75) is 34.6 Å². The number of halogens is 1. The van der Waals surface area contributed by atoms with Gasteiger partial charge < -0.3 is 5.32 Å². The van der Waals surface area contributed by atoms with Crippen LogP contribution in [0.15, 0.2) is 28.2 Å². The average molecular weight is 324 g/mol. The zero-order valence-electron chi connectivity index (χ0n) is 12.8. The predicted octanol–water partition coefficient (Wildman–Crippen LogP) is 5.04. The molecule has 0 atom stereocenters. The van der Waals surface area contributed by atoms with Gasteiger partial charge in [0, 0.05) is 11.0 Å². The minimum atomic E-state index is 0.569. The molecule has 0 spiro atoms. The lowest BCUT2D eigenvalue weighted by Gasteiger charge is -2.14. The van der Waals surface area contributed by atoms with Gasteiger partial charge in [-0.05, 0) is 42.5 Å². The van der Waals surface area contributed by atoms with Crippen LogP contribution in [0, 0.1) is 18.8 Å². The fourth-order valence-corrected chi connectivity index (χ4v) is 2.24.